The van der Waals surface area contributed by atoms with E-state index in [-0.39, 0.29) is 12.2 Å². The van der Waals surface area contributed by atoms with Crippen LogP contribution < -0.4 is 0 Å². The van der Waals surface area contributed by atoms with E-state index in [0.717, 1.165) is 0 Å². The van der Waals surface area contributed by atoms with Crippen molar-refractivity contribution in [2.75, 3.05) is 6.61 Å². The predicted octanol–water partition coefficient (Wildman–Crippen LogP) is 2.58. The van der Waals surface area contributed by atoms with Gasteiger partial charge in [0.25, 0.3) is 0 Å². The Morgan fingerprint density at radius 2 is 2.20 bits per heavy atom. The third-order valence-electron chi connectivity index (χ3n) is 2.38. The molecule has 0 aliphatic heterocycles. The van der Waals surface area contributed by atoms with Crippen LogP contribution in [0.25, 0.3) is 0 Å². The monoisotopic (exact) mass is 247 g/mol. The van der Waals surface area contributed by atoms with Crippen LogP contribution in [0.5, 0.6) is 0 Å². The Balaban J connectivity index is 2.82. The second-order valence-electron chi connectivity index (χ2n) is 3.69. The molecular formula is C10H11Cl2NO2. The fourth-order valence-electron chi connectivity index (χ4n) is 1.24. The number of allylic oxidation sites excluding steroid dienone is 1. The molecule has 15 heavy (non-hydrogen) atoms. The summed E-state index contributed by atoms with van der Waals surface area (Å²) in [5.74, 6) is -0.628. The van der Waals surface area contributed by atoms with Gasteiger partial charge in [0.05, 0.1) is 6.61 Å². The van der Waals surface area contributed by atoms with E-state index >= 15 is 0 Å². The molecule has 1 fully saturated rings. The molecule has 0 bridgehead atoms. The van der Waals surface area contributed by atoms with E-state index < -0.39 is 15.7 Å². The minimum Gasteiger partial charge on any atom is -0.462 e. The number of hydrogen-bond donors (Lipinski definition) is 0. The van der Waals surface area contributed by atoms with Crippen molar-refractivity contribution in [3.05, 3.63) is 11.6 Å². The number of nitrogens with zero attached hydrogens (tertiary/aromatic N) is 1. The fraction of sp³-hybridized carbons (Fsp3) is 0.600. The molecule has 3 nitrogen and oxygen atoms in total. The second-order valence-corrected chi connectivity index (χ2v) is 5.17. The summed E-state index contributed by atoms with van der Waals surface area (Å²) in [4.78, 5) is 11.3. The summed E-state index contributed by atoms with van der Waals surface area (Å²) in [6.45, 7) is 3.71. The number of carbonyl (C=O) groups is 1. The van der Waals surface area contributed by atoms with Crippen LogP contribution in [0.2, 0.25) is 0 Å². The highest BCUT2D eigenvalue weighted by Gasteiger charge is 2.61. The van der Waals surface area contributed by atoms with Crippen LogP contribution in [-0.2, 0) is 9.53 Å². The minimum atomic E-state index is -0.873. The van der Waals surface area contributed by atoms with Crippen molar-refractivity contribution in [1.82, 2.24) is 0 Å². The molecule has 0 aromatic carbocycles. The maximum absolute atomic E-state index is 11.3. The first-order chi connectivity index (χ1) is 6.86. The van der Waals surface area contributed by atoms with Crippen molar-refractivity contribution in [1.29, 1.82) is 5.26 Å². The van der Waals surface area contributed by atoms with Gasteiger partial charge in [-0.25, -0.2) is 4.79 Å². The number of esters is 1. The first kappa shape index (κ1) is 12.4. The lowest BCUT2D eigenvalue weighted by Gasteiger charge is -2.06. The van der Waals surface area contributed by atoms with Gasteiger partial charge in [-0.15, -0.1) is 23.2 Å². The Hall–Kier alpha value is -0.720. The highest BCUT2D eigenvalue weighted by Crippen LogP contribution is 2.64. The fourth-order valence-corrected chi connectivity index (χ4v) is 1.90. The molecule has 0 heterocycles. The molecule has 1 rings (SSSR count). The molecular weight excluding hydrogens is 237 g/mol. The number of alkyl halides is 2. The van der Waals surface area contributed by atoms with Crippen LogP contribution in [0.4, 0.5) is 0 Å². The van der Waals surface area contributed by atoms with Crippen LogP contribution in [0, 0.1) is 16.7 Å². The summed E-state index contributed by atoms with van der Waals surface area (Å²) in [5, 5.41) is 8.78. The zero-order valence-electron chi connectivity index (χ0n) is 8.51. The summed E-state index contributed by atoms with van der Waals surface area (Å²) in [7, 11) is 0. The van der Waals surface area contributed by atoms with Crippen LogP contribution in [0.3, 0.4) is 0 Å². The maximum Gasteiger partial charge on any atom is 0.348 e. The van der Waals surface area contributed by atoms with Crippen molar-refractivity contribution in [2.45, 2.75) is 24.6 Å². The highest BCUT2D eigenvalue weighted by atomic mass is 35.5. The molecule has 1 atom stereocenters. The smallest absolute Gasteiger partial charge is 0.348 e. The number of nitriles is 1. The van der Waals surface area contributed by atoms with Crippen LogP contribution in [0.15, 0.2) is 11.6 Å². The number of rotatable bonds is 3. The Bertz CT molecular complexity index is 357. The zero-order valence-corrected chi connectivity index (χ0v) is 10.0. The summed E-state index contributed by atoms with van der Waals surface area (Å²) >= 11 is 11.8. The molecule has 0 aromatic heterocycles. The summed E-state index contributed by atoms with van der Waals surface area (Å²) in [6.07, 6.45) is 2.03. The van der Waals surface area contributed by atoms with Crippen molar-refractivity contribution in [3.63, 3.8) is 0 Å². The molecule has 0 aromatic rings. The van der Waals surface area contributed by atoms with Crippen LogP contribution >= 0.6 is 23.2 Å². The largest absolute Gasteiger partial charge is 0.462 e. The van der Waals surface area contributed by atoms with E-state index in [4.69, 9.17) is 33.2 Å². The summed E-state index contributed by atoms with van der Waals surface area (Å²) < 4.78 is 3.85. The van der Waals surface area contributed by atoms with Gasteiger partial charge < -0.3 is 4.74 Å². The molecule has 1 aliphatic carbocycles. The minimum absolute atomic E-state index is 0.0393. The van der Waals surface area contributed by atoms with Crippen molar-refractivity contribution in [2.24, 2.45) is 5.41 Å². The van der Waals surface area contributed by atoms with E-state index in [1.165, 1.54) is 6.08 Å². The quantitative estimate of drug-likeness (QED) is 0.334. The third kappa shape index (κ3) is 2.45. The Labute approximate surface area is 98.6 Å². The number of hydrogen-bond acceptors (Lipinski definition) is 3. The van der Waals surface area contributed by atoms with Gasteiger partial charge in [0, 0.05) is 5.41 Å². The summed E-state index contributed by atoms with van der Waals surface area (Å²) in [6, 6.07) is 1.79. The Kier molecular flexibility index (Phi) is 3.32. The lowest BCUT2D eigenvalue weighted by Crippen LogP contribution is -2.10. The van der Waals surface area contributed by atoms with E-state index in [1.54, 1.807) is 19.9 Å². The molecule has 1 aliphatic rings. The second kappa shape index (κ2) is 4.03. The van der Waals surface area contributed by atoms with Gasteiger partial charge in [-0.05, 0) is 13.3 Å². The maximum atomic E-state index is 11.3. The van der Waals surface area contributed by atoms with Crippen LogP contribution in [-0.4, -0.2) is 16.9 Å². The predicted molar refractivity (Wildman–Crippen MR) is 57.5 cm³/mol. The van der Waals surface area contributed by atoms with E-state index in [9.17, 15) is 4.79 Å². The van der Waals surface area contributed by atoms with Crippen molar-refractivity contribution < 1.29 is 9.53 Å². The number of ether oxygens (including phenoxy) is 1. The van der Waals surface area contributed by atoms with Gasteiger partial charge >= 0.3 is 5.97 Å². The lowest BCUT2D eigenvalue weighted by atomic mass is 10.1. The molecule has 5 heteroatoms. The van der Waals surface area contributed by atoms with E-state index in [0.29, 0.717) is 6.42 Å². The highest BCUT2D eigenvalue weighted by molar-refractivity contribution is 6.51. The first-order valence-electron chi connectivity index (χ1n) is 4.54. The molecule has 1 saturated carbocycles. The topological polar surface area (TPSA) is 50.1 Å². The van der Waals surface area contributed by atoms with Crippen molar-refractivity contribution >= 4 is 29.2 Å². The van der Waals surface area contributed by atoms with E-state index in [1.807, 2.05) is 0 Å². The molecule has 0 saturated heterocycles. The molecule has 82 valence electrons. The molecule has 0 radical (unpaired) electrons. The number of carbonyl (C=O) groups excluding carboxylic acids is 1. The van der Waals surface area contributed by atoms with Gasteiger partial charge in [0.2, 0.25) is 0 Å². The SMILES string of the molecule is CCOC(=O)/C(C#N)=C/C1(C)CC1(Cl)Cl. The normalized spacial score (nSPS) is 28.1. The molecule has 0 amide bonds. The lowest BCUT2D eigenvalue weighted by molar-refractivity contribution is -0.138. The van der Waals surface area contributed by atoms with Gasteiger partial charge in [-0.1, -0.05) is 13.0 Å². The van der Waals surface area contributed by atoms with Gasteiger partial charge in [-0.2, -0.15) is 5.26 Å². The summed E-state index contributed by atoms with van der Waals surface area (Å²) in [5.41, 5.74) is -0.545. The average molecular weight is 248 g/mol. The van der Waals surface area contributed by atoms with Gasteiger partial charge in [-0.3, -0.25) is 0 Å². The zero-order chi connectivity index (χ0) is 11.7. The Morgan fingerprint density at radius 3 is 2.53 bits per heavy atom. The average Bonchev–Trinajstić information content (AvgIpc) is 2.62. The van der Waals surface area contributed by atoms with Crippen molar-refractivity contribution in [3.8, 4) is 6.07 Å². The van der Waals surface area contributed by atoms with E-state index in [2.05, 4.69) is 0 Å². The van der Waals surface area contributed by atoms with Gasteiger partial charge in [0.1, 0.15) is 16.0 Å². The van der Waals surface area contributed by atoms with Gasteiger partial charge in [0.15, 0.2) is 0 Å². The molecule has 1 unspecified atom stereocenters. The number of halogens is 2. The first-order valence-corrected chi connectivity index (χ1v) is 5.30. The molecule has 0 spiro atoms. The Morgan fingerprint density at radius 1 is 1.67 bits per heavy atom. The molecule has 0 N–H and O–H groups in total. The third-order valence-corrected chi connectivity index (χ3v) is 3.51. The van der Waals surface area contributed by atoms with Crippen LogP contribution in [0.1, 0.15) is 20.3 Å². The standard InChI is InChI=1S/C10H11Cl2NO2/c1-3-15-8(14)7(5-13)4-9(2)6-10(9,11)12/h4H,3,6H2,1-2H3/b7-4+.